The Morgan fingerprint density at radius 3 is 3.00 bits per heavy atom. The zero-order valence-electron chi connectivity index (χ0n) is 7.39. The lowest BCUT2D eigenvalue weighted by molar-refractivity contribution is -0.119. The monoisotopic (exact) mass is 201 g/mol. The van der Waals surface area contributed by atoms with Gasteiger partial charge in [-0.15, -0.1) is 10.2 Å². The average Bonchev–Trinajstić information content (AvgIpc) is 2.50. The smallest absolute Gasteiger partial charge is 0.233 e. The molecule has 0 aliphatic carbocycles. The highest BCUT2D eigenvalue weighted by Crippen LogP contribution is 2.18. The Balaban J connectivity index is 2.59. The molecule has 0 aromatic carbocycles. The van der Waals surface area contributed by atoms with E-state index < -0.39 is 0 Å². The zero-order valence-corrected chi connectivity index (χ0v) is 8.21. The van der Waals surface area contributed by atoms with Crippen LogP contribution in [0.5, 0.6) is 0 Å². The van der Waals surface area contributed by atoms with E-state index in [9.17, 15) is 4.79 Å². The molecule has 1 heterocycles. The lowest BCUT2D eigenvalue weighted by atomic mass is 10.4. The molecule has 1 rings (SSSR count). The molecule has 1 aromatic rings. The number of hydrogen-bond acceptors (Lipinski definition) is 5. The minimum absolute atomic E-state index is 0.0620. The lowest BCUT2D eigenvalue weighted by Crippen LogP contribution is -2.27. The van der Waals surface area contributed by atoms with E-state index in [2.05, 4.69) is 15.5 Å². The zero-order chi connectivity index (χ0) is 9.84. The van der Waals surface area contributed by atoms with Gasteiger partial charge >= 0.3 is 0 Å². The summed E-state index contributed by atoms with van der Waals surface area (Å²) in [7, 11) is 1.59. The number of thioether (sulfide) groups is 1. The van der Waals surface area contributed by atoms with Crippen LogP contribution in [-0.4, -0.2) is 33.1 Å². The summed E-state index contributed by atoms with van der Waals surface area (Å²) in [6, 6.07) is 0. The van der Waals surface area contributed by atoms with Gasteiger partial charge in [0.15, 0.2) is 0 Å². The van der Waals surface area contributed by atoms with Crippen LogP contribution >= 0.6 is 11.8 Å². The fourth-order valence-electron chi connectivity index (χ4n) is 0.731. The van der Waals surface area contributed by atoms with Crippen LogP contribution in [0.1, 0.15) is 6.92 Å². The van der Waals surface area contributed by atoms with Gasteiger partial charge in [0.25, 0.3) is 0 Å². The SMILES string of the molecule is CNC(=O)C(C)Sc1nncn1N. The van der Waals surface area contributed by atoms with Crippen molar-refractivity contribution in [2.75, 3.05) is 12.9 Å². The number of carbonyl (C=O) groups is 1. The maximum absolute atomic E-state index is 11.1. The van der Waals surface area contributed by atoms with Crippen molar-refractivity contribution in [1.29, 1.82) is 0 Å². The summed E-state index contributed by atoms with van der Waals surface area (Å²) >= 11 is 1.26. The molecule has 7 heteroatoms. The van der Waals surface area contributed by atoms with Crippen molar-refractivity contribution in [2.24, 2.45) is 0 Å². The quantitative estimate of drug-likeness (QED) is 0.495. The molecule has 0 saturated heterocycles. The van der Waals surface area contributed by atoms with Gasteiger partial charge < -0.3 is 11.2 Å². The van der Waals surface area contributed by atoms with Gasteiger partial charge in [0.1, 0.15) is 6.33 Å². The third-order valence-electron chi connectivity index (χ3n) is 1.44. The summed E-state index contributed by atoms with van der Waals surface area (Å²) in [4.78, 5) is 11.1. The van der Waals surface area contributed by atoms with Crippen LogP contribution < -0.4 is 11.2 Å². The Morgan fingerprint density at radius 1 is 1.85 bits per heavy atom. The number of rotatable bonds is 3. The Kier molecular flexibility index (Phi) is 3.13. The first-order valence-electron chi connectivity index (χ1n) is 3.68. The normalized spacial score (nSPS) is 12.5. The Bertz CT molecular complexity index is 299. The van der Waals surface area contributed by atoms with Crippen molar-refractivity contribution in [3.05, 3.63) is 6.33 Å². The number of nitrogen functional groups attached to an aromatic ring is 1. The van der Waals surface area contributed by atoms with Crippen LogP contribution in [-0.2, 0) is 4.79 Å². The van der Waals surface area contributed by atoms with Crippen LogP contribution in [0.4, 0.5) is 0 Å². The predicted molar refractivity (Wildman–Crippen MR) is 49.6 cm³/mol. The Labute approximate surface area is 79.9 Å². The van der Waals surface area contributed by atoms with E-state index in [4.69, 9.17) is 5.84 Å². The molecule has 1 atom stereocenters. The van der Waals surface area contributed by atoms with E-state index in [0.29, 0.717) is 5.16 Å². The van der Waals surface area contributed by atoms with Crippen molar-refractivity contribution in [1.82, 2.24) is 20.2 Å². The number of hydrogen-bond donors (Lipinski definition) is 2. The first kappa shape index (κ1) is 9.85. The fourth-order valence-corrected chi connectivity index (χ4v) is 1.54. The maximum Gasteiger partial charge on any atom is 0.233 e. The molecule has 1 amide bonds. The largest absolute Gasteiger partial charge is 0.358 e. The van der Waals surface area contributed by atoms with Crippen molar-refractivity contribution in [3.63, 3.8) is 0 Å². The van der Waals surface area contributed by atoms with Gasteiger partial charge in [0.2, 0.25) is 11.1 Å². The Hall–Kier alpha value is -1.24. The molecular formula is C6H11N5OS. The van der Waals surface area contributed by atoms with E-state index in [0.717, 1.165) is 0 Å². The third kappa shape index (κ3) is 2.35. The summed E-state index contributed by atoms with van der Waals surface area (Å²) in [6.45, 7) is 1.78. The molecule has 0 fully saturated rings. The maximum atomic E-state index is 11.1. The molecule has 0 saturated carbocycles. The standard InChI is InChI=1S/C6H11N5OS/c1-4(5(12)8-2)13-6-10-9-3-11(6)7/h3-4H,7H2,1-2H3,(H,8,12). The van der Waals surface area contributed by atoms with Gasteiger partial charge in [-0.1, -0.05) is 11.8 Å². The third-order valence-corrected chi connectivity index (χ3v) is 2.51. The van der Waals surface area contributed by atoms with E-state index in [1.54, 1.807) is 14.0 Å². The highest BCUT2D eigenvalue weighted by atomic mass is 32.2. The van der Waals surface area contributed by atoms with E-state index >= 15 is 0 Å². The van der Waals surface area contributed by atoms with Crippen molar-refractivity contribution >= 4 is 17.7 Å². The van der Waals surface area contributed by atoms with Crippen LogP contribution in [0, 0.1) is 0 Å². The topological polar surface area (TPSA) is 85.8 Å². The summed E-state index contributed by atoms with van der Waals surface area (Å²) in [5.74, 6) is 5.41. The molecule has 1 aromatic heterocycles. The second-order valence-electron chi connectivity index (χ2n) is 2.40. The van der Waals surface area contributed by atoms with Crippen LogP contribution in [0.25, 0.3) is 0 Å². The molecule has 0 aliphatic heterocycles. The molecular weight excluding hydrogens is 190 g/mol. The highest BCUT2D eigenvalue weighted by Gasteiger charge is 2.15. The highest BCUT2D eigenvalue weighted by molar-refractivity contribution is 8.00. The summed E-state index contributed by atoms with van der Waals surface area (Å²) in [5.41, 5.74) is 0. The lowest BCUT2D eigenvalue weighted by Gasteiger charge is -2.07. The molecule has 0 bridgehead atoms. The minimum atomic E-state index is -0.225. The van der Waals surface area contributed by atoms with Gasteiger partial charge in [0, 0.05) is 7.05 Å². The molecule has 0 aliphatic rings. The average molecular weight is 201 g/mol. The van der Waals surface area contributed by atoms with Crippen molar-refractivity contribution in [2.45, 2.75) is 17.3 Å². The molecule has 0 radical (unpaired) electrons. The summed E-state index contributed by atoms with van der Waals surface area (Å²) in [6.07, 6.45) is 1.39. The van der Waals surface area contributed by atoms with Gasteiger partial charge in [-0.3, -0.25) is 4.79 Å². The number of nitrogens with one attached hydrogen (secondary N) is 1. The molecule has 1 unspecified atom stereocenters. The summed E-state index contributed by atoms with van der Waals surface area (Å²) in [5, 5.41) is 10.2. The Morgan fingerprint density at radius 2 is 2.54 bits per heavy atom. The number of aromatic nitrogens is 3. The first-order valence-corrected chi connectivity index (χ1v) is 4.56. The first-order chi connectivity index (χ1) is 6.15. The van der Waals surface area contributed by atoms with Gasteiger partial charge in [-0.25, -0.2) is 4.68 Å². The van der Waals surface area contributed by atoms with Gasteiger partial charge in [-0.05, 0) is 6.92 Å². The van der Waals surface area contributed by atoms with Gasteiger partial charge in [-0.2, -0.15) is 0 Å². The van der Waals surface area contributed by atoms with Crippen LogP contribution in [0.2, 0.25) is 0 Å². The fraction of sp³-hybridized carbons (Fsp3) is 0.500. The van der Waals surface area contributed by atoms with E-state index in [-0.39, 0.29) is 11.2 Å². The number of amides is 1. The number of nitrogens with zero attached hydrogens (tertiary/aromatic N) is 3. The van der Waals surface area contributed by atoms with E-state index in [1.165, 1.54) is 22.8 Å². The molecule has 72 valence electrons. The predicted octanol–water partition coefficient (Wildman–Crippen LogP) is -0.781. The number of nitrogens with two attached hydrogens (primary N) is 1. The van der Waals surface area contributed by atoms with Gasteiger partial charge in [0.05, 0.1) is 5.25 Å². The number of carbonyl (C=O) groups excluding carboxylic acids is 1. The van der Waals surface area contributed by atoms with Crippen LogP contribution in [0.3, 0.4) is 0 Å². The molecule has 0 spiro atoms. The van der Waals surface area contributed by atoms with Crippen LogP contribution in [0.15, 0.2) is 11.5 Å². The van der Waals surface area contributed by atoms with Crippen molar-refractivity contribution < 1.29 is 4.79 Å². The minimum Gasteiger partial charge on any atom is -0.358 e. The van der Waals surface area contributed by atoms with E-state index in [1.807, 2.05) is 0 Å². The molecule has 3 N–H and O–H groups in total. The summed E-state index contributed by atoms with van der Waals surface area (Å²) < 4.78 is 1.28. The molecule has 13 heavy (non-hydrogen) atoms. The second-order valence-corrected chi connectivity index (χ2v) is 3.70. The van der Waals surface area contributed by atoms with Crippen molar-refractivity contribution in [3.8, 4) is 0 Å². The molecule has 6 nitrogen and oxygen atoms in total. The second kappa shape index (κ2) is 4.13.